The van der Waals surface area contributed by atoms with E-state index in [4.69, 9.17) is 9.97 Å². The molecule has 2 aliphatic heterocycles. The Labute approximate surface area is 206 Å². The number of aryl methyl sites for hydroxylation is 2. The molecular weight excluding hydrogens is 443 g/mol. The van der Waals surface area contributed by atoms with Gasteiger partial charge in [0, 0.05) is 43.4 Å². The van der Waals surface area contributed by atoms with Gasteiger partial charge in [-0.1, -0.05) is 24.6 Å². The molecule has 0 saturated carbocycles. The second-order valence-corrected chi connectivity index (χ2v) is 9.47. The highest BCUT2D eigenvalue weighted by Crippen LogP contribution is 2.43. The number of nitrogens with zero attached hydrogens (tertiary/aromatic N) is 5. The van der Waals surface area contributed by atoms with Gasteiger partial charge in [0.05, 0.1) is 11.3 Å². The molecule has 0 aliphatic carbocycles. The van der Waals surface area contributed by atoms with E-state index in [2.05, 4.69) is 22.3 Å². The topological polar surface area (TPSA) is 67.3 Å². The summed E-state index contributed by atoms with van der Waals surface area (Å²) in [4.78, 5) is 10.0. The highest BCUT2D eigenvalue weighted by atomic mass is 19.1. The lowest BCUT2D eigenvalue weighted by molar-refractivity contribution is 0.207. The minimum atomic E-state index is -0.706. The summed E-state index contributed by atoms with van der Waals surface area (Å²) in [6, 6.07) is 12.4. The van der Waals surface area contributed by atoms with Crippen molar-refractivity contribution in [1.29, 1.82) is 0 Å². The van der Waals surface area contributed by atoms with Crippen LogP contribution in [-0.2, 0) is 6.54 Å². The van der Waals surface area contributed by atoms with Gasteiger partial charge in [-0.25, -0.2) is 14.4 Å². The second kappa shape index (κ2) is 9.62. The van der Waals surface area contributed by atoms with Gasteiger partial charge in [0.2, 0.25) is 11.8 Å². The fourth-order valence-corrected chi connectivity index (χ4v) is 5.32. The van der Waals surface area contributed by atoms with E-state index >= 15 is 0 Å². The summed E-state index contributed by atoms with van der Waals surface area (Å²) in [5.41, 5.74) is 4.64. The Hall–Kier alpha value is -2.91. The first kappa shape index (κ1) is 23.8. The molecule has 35 heavy (non-hydrogen) atoms. The third-order valence-corrected chi connectivity index (χ3v) is 7.10. The minimum absolute atomic E-state index is 0.186. The zero-order valence-corrected chi connectivity index (χ0v) is 20.7. The van der Waals surface area contributed by atoms with Crippen LogP contribution in [0.4, 0.5) is 21.8 Å². The molecule has 1 unspecified atom stereocenters. The van der Waals surface area contributed by atoms with Gasteiger partial charge in [-0.05, 0) is 57.4 Å². The molecule has 0 radical (unpaired) electrons. The van der Waals surface area contributed by atoms with E-state index in [1.54, 1.807) is 6.07 Å². The van der Waals surface area contributed by atoms with Gasteiger partial charge < -0.3 is 5.21 Å². The third-order valence-electron chi connectivity index (χ3n) is 7.10. The Bertz CT molecular complexity index is 1230. The summed E-state index contributed by atoms with van der Waals surface area (Å²) < 4.78 is 13.3. The standard InChI is InChI=1S/C27H33FN6O/c1-4-33(32-14-8-5-9-15-32)27-30-25(22-13-12-21(28)16-20(22)3)23-17-29-18-34(35,26(23)31-27)24-11-7-6-10-19(24)2/h6-7,10-13,16,29H,4-5,8-9,14-15,17-18H2,1-3H3. The zero-order valence-electron chi connectivity index (χ0n) is 20.7. The fraction of sp³-hybridized carbons (Fsp3) is 0.407. The Kier molecular flexibility index (Phi) is 6.55. The molecule has 2 aromatic carbocycles. The number of hydrazine groups is 1. The van der Waals surface area contributed by atoms with Crippen molar-refractivity contribution < 1.29 is 4.39 Å². The quantitative estimate of drug-likeness (QED) is 0.397. The van der Waals surface area contributed by atoms with E-state index in [9.17, 15) is 9.60 Å². The lowest BCUT2D eigenvalue weighted by atomic mass is 9.99. The molecule has 1 N–H and O–H groups in total. The molecule has 0 bridgehead atoms. The zero-order chi connectivity index (χ0) is 24.6. The van der Waals surface area contributed by atoms with Crippen molar-refractivity contribution in [2.75, 3.05) is 31.3 Å². The largest absolute Gasteiger partial charge is 0.620 e. The van der Waals surface area contributed by atoms with E-state index in [-0.39, 0.29) is 12.5 Å². The summed E-state index contributed by atoms with van der Waals surface area (Å²) in [5.74, 6) is 0.697. The number of aromatic nitrogens is 2. The smallest absolute Gasteiger partial charge is 0.245 e. The highest BCUT2D eigenvalue weighted by Gasteiger charge is 2.37. The lowest BCUT2D eigenvalue weighted by Crippen LogP contribution is -2.51. The predicted octanol–water partition coefficient (Wildman–Crippen LogP) is 5.32. The maximum atomic E-state index is 14.6. The molecule has 3 heterocycles. The number of quaternary nitrogens is 1. The van der Waals surface area contributed by atoms with Gasteiger partial charge in [-0.15, -0.1) is 0 Å². The normalized spacial score (nSPS) is 20.5. The Morgan fingerprint density at radius 3 is 2.54 bits per heavy atom. The fourth-order valence-electron chi connectivity index (χ4n) is 5.32. The maximum absolute atomic E-state index is 14.6. The molecule has 1 aromatic heterocycles. The first-order chi connectivity index (χ1) is 16.9. The SMILES string of the molecule is CCN(c1nc(-c2ccc(F)cc2C)c2c(n1)[N+]([O-])(c1ccccc1C)CNC2)N1CCCCC1. The van der Waals surface area contributed by atoms with Crippen molar-refractivity contribution in [2.45, 2.75) is 46.6 Å². The Balaban J connectivity index is 1.75. The molecule has 1 atom stereocenters. The van der Waals surface area contributed by atoms with E-state index < -0.39 is 4.65 Å². The summed E-state index contributed by atoms with van der Waals surface area (Å²) in [7, 11) is 0. The van der Waals surface area contributed by atoms with Crippen LogP contribution in [0.5, 0.6) is 0 Å². The van der Waals surface area contributed by atoms with E-state index in [0.717, 1.165) is 48.2 Å². The Morgan fingerprint density at radius 1 is 1.06 bits per heavy atom. The van der Waals surface area contributed by atoms with Crippen LogP contribution in [0, 0.1) is 24.9 Å². The van der Waals surface area contributed by atoms with E-state index in [1.807, 2.05) is 38.1 Å². The number of para-hydroxylation sites is 1. The van der Waals surface area contributed by atoms with Gasteiger partial charge in [0.25, 0.3) is 0 Å². The highest BCUT2D eigenvalue weighted by molar-refractivity contribution is 5.76. The van der Waals surface area contributed by atoms with Crippen LogP contribution in [0.15, 0.2) is 42.5 Å². The summed E-state index contributed by atoms with van der Waals surface area (Å²) >= 11 is 0. The summed E-state index contributed by atoms with van der Waals surface area (Å²) in [5, 5.41) is 22.3. The molecule has 3 aromatic rings. The number of fused-ring (bicyclic) bond motifs is 1. The molecular formula is C27H33FN6O. The first-order valence-electron chi connectivity index (χ1n) is 12.5. The number of hydrogen-bond acceptors (Lipinski definition) is 6. The summed E-state index contributed by atoms with van der Waals surface area (Å²) in [6.07, 6.45) is 3.47. The van der Waals surface area contributed by atoms with Crippen LogP contribution < -0.4 is 15.0 Å². The molecule has 5 rings (SSSR count). The first-order valence-corrected chi connectivity index (χ1v) is 12.5. The van der Waals surface area contributed by atoms with Crippen molar-refractivity contribution in [3.05, 3.63) is 70.2 Å². The molecule has 2 aliphatic rings. The van der Waals surface area contributed by atoms with Crippen LogP contribution in [0.2, 0.25) is 0 Å². The van der Waals surface area contributed by atoms with E-state index in [0.29, 0.717) is 36.2 Å². The van der Waals surface area contributed by atoms with Gasteiger partial charge >= 0.3 is 0 Å². The number of rotatable bonds is 5. The minimum Gasteiger partial charge on any atom is -0.620 e. The second-order valence-electron chi connectivity index (χ2n) is 9.47. The van der Waals surface area contributed by atoms with Crippen LogP contribution >= 0.6 is 0 Å². The molecule has 1 fully saturated rings. The average molecular weight is 477 g/mol. The van der Waals surface area contributed by atoms with Crippen molar-refractivity contribution in [3.8, 4) is 11.3 Å². The van der Waals surface area contributed by atoms with Crippen LogP contribution in [0.1, 0.15) is 42.9 Å². The number of halogens is 1. The molecule has 0 spiro atoms. The van der Waals surface area contributed by atoms with E-state index in [1.165, 1.54) is 18.6 Å². The van der Waals surface area contributed by atoms with Crippen LogP contribution in [0.3, 0.4) is 0 Å². The molecule has 0 amide bonds. The van der Waals surface area contributed by atoms with Gasteiger partial charge in [-0.3, -0.25) is 15.0 Å². The number of nitrogens with one attached hydrogen (secondary N) is 1. The number of anilines is 1. The number of benzene rings is 2. The van der Waals surface area contributed by atoms with Gasteiger partial charge in [0.15, 0.2) is 0 Å². The molecule has 8 heteroatoms. The molecule has 1 saturated heterocycles. The summed E-state index contributed by atoms with van der Waals surface area (Å²) in [6.45, 7) is 9.17. The van der Waals surface area contributed by atoms with Crippen LogP contribution in [-0.4, -0.2) is 41.3 Å². The van der Waals surface area contributed by atoms with Gasteiger partial charge in [0.1, 0.15) is 18.2 Å². The number of hydroxylamine groups is 1. The third kappa shape index (κ3) is 4.31. The number of hydrogen-bond donors (Lipinski definition) is 1. The van der Waals surface area contributed by atoms with Crippen LogP contribution in [0.25, 0.3) is 11.3 Å². The van der Waals surface area contributed by atoms with Crippen molar-refractivity contribution >= 4 is 17.5 Å². The molecule has 7 nitrogen and oxygen atoms in total. The maximum Gasteiger partial charge on any atom is 0.245 e. The monoisotopic (exact) mass is 476 g/mol. The number of piperidine rings is 1. The van der Waals surface area contributed by atoms with Crippen molar-refractivity contribution in [3.63, 3.8) is 0 Å². The van der Waals surface area contributed by atoms with Gasteiger partial charge in [-0.2, -0.15) is 4.98 Å². The van der Waals surface area contributed by atoms with Crippen molar-refractivity contribution in [2.24, 2.45) is 0 Å². The lowest BCUT2D eigenvalue weighted by Gasteiger charge is -2.45. The predicted molar refractivity (Wildman–Crippen MR) is 138 cm³/mol. The molecule has 184 valence electrons. The Morgan fingerprint density at radius 2 is 1.83 bits per heavy atom. The average Bonchev–Trinajstić information content (AvgIpc) is 2.86. The van der Waals surface area contributed by atoms with Crippen molar-refractivity contribution in [1.82, 2.24) is 24.9 Å².